The molecule has 4 rings (SSSR count). The van der Waals surface area contributed by atoms with Gasteiger partial charge in [-0.25, -0.2) is 0 Å². The van der Waals surface area contributed by atoms with Crippen LogP contribution in [-0.4, -0.2) is 45.7 Å². The Morgan fingerprint density at radius 3 is 2.25 bits per heavy atom. The standard InChI is InChI=1S/C31H35N3O2/c1-4-24-14-16-26(17-15-24)31(36)34(23(2)3)22-30(35)33(21-25-10-6-5-7-11-25)19-18-27-20-32-29-13-9-8-12-28(27)29/h5-17,20,23,32H,4,18-19,21-22H2,1-3H3. The van der Waals surface area contributed by atoms with Gasteiger partial charge >= 0.3 is 0 Å². The van der Waals surface area contributed by atoms with Crippen molar-refractivity contribution < 1.29 is 9.59 Å². The van der Waals surface area contributed by atoms with E-state index in [0.29, 0.717) is 18.7 Å². The zero-order valence-electron chi connectivity index (χ0n) is 21.4. The summed E-state index contributed by atoms with van der Waals surface area (Å²) in [5.74, 6) is -0.164. The molecule has 0 radical (unpaired) electrons. The van der Waals surface area contributed by atoms with E-state index in [1.165, 1.54) is 16.5 Å². The van der Waals surface area contributed by atoms with Gasteiger partial charge in [-0.2, -0.15) is 0 Å². The van der Waals surface area contributed by atoms with Crippen molar-refractivity contribution in [3.63, 3.8) is 0 Å². The number of nitrogens with one attached hydrogen (secondary N) is 1. The molecule has 36 heavy (non-hydrogen) atoms. The second kappa shape index (κ2) is 11.7. The lowest BCUT2D eigenvalue weighted by Gasteiger charge is -2.30. The van der Waals surface area contributed by atoms with Crippen molar-refractivity contribution in [2.75, 3.05) is 13.1 Å². The van der Waals surface area contributed by atoms with E-state index < -0.39 is 0 Å². The maximum atomic E-state index is 13.6. The number of para-hydroxylation sites is 1. The van der Waals surface area contributed by atoms with E-state index in [2.05, 4.69) is 24.0 Å². The Morgan fingerprint density at radius 1 is 0.861 bits per heavy atom. The number of carbonyl (C=O) groups is 2. The van der Waals surface area contributed by atoms with Crippen molar-refractivity contribution in [2.24, 2.45) is 0 Å². The molecule has 1 aromatic heterocycles. The number of H-pyrrole nitrogens is 1. The molecule has 0 aliphatic heterocycles. The highest BCUT2D eigenvalue weighted by Gasteiger charge is 2.25. The Bertz CT molecular complexity index is 1290. The zero-order valence-corrected chi connectivity index (χ0v) is 21.4. The van der Waals surface area contributed by atoms with E-state index in [4.69, 9.17) is 0 Å². The number of carbonyl (C=O) groups excluding carboxylic acids is 2. The number of aromatic amines is 1. The summed E-state index contributed by atoms with van der Waals surface area (Å²) in [6.07, 6.45) is 3.68. The Balaban J connectivity index is 1.52. The van der Waals surface area contributed by atoms with Gasteiger partial charge in [0.2, 0.25) is 5.91 Å². The van der Waals surface area contributed by atoms with Gasteiger partial charge in [0.05, 0.1) is 0 Å². The van der Waals surface area contributed by atoms with Crippen LogP contribution in [0.4, 0.5) is 0 Å². The summed E-state index contributed by atoms with van der Waals surface area (Å²) < 4.78 is 0. The average Bonchev–Trinajstić information content (AvgIpc) is 3.32. The summed E-state index contributed by atoms with van der Waals surface area (Å²) in [4.78, 5) is 33.9. The van der Waals surface area contributed by atoms with Crippen LogP contribution < -0.4 is 0 Å². The topological polar surface area (TPSA) is 56.4 Å². The van der Waals surface area contributed by atoms with E-state index in [1.807, 2.05) is 91.7 Å². The lowest BCUT2D eigenvalue weighted by molar-refractivity contribution is -0.132. The number of rotatable bonds is 10. The summed E-state index contributed by atoms with van der Waals surface area (Å²) in [6.45, 7) is 7.13. The summed E-state index contributed by atoms with van der Waals surface area (Å²) in [7, 11) is 0. The number of aryl methyl sites for hydroxylation is 1. The summed E-state index contributed by atoms with van der Waals surface area (Å²) >= 11 is 0. The van der Waals surface area contributed by atoms with Crippen LogP contribution in [0.5, 0.6) is 0 Å². The summed E-state index contributed by atoms with van der Waals surface area (Å²) in [5.41, 5.74) is 5.15. The highest BCUT2D eigenvalue weighted by atomic mass is 16.2. The molecule has 2 amide bonds. The predicted molar refractivity (Wildman–Crippen MR) is 146 cm³/mol. The first-order chi connectivity index (χ1) is 17.5. The number of hydrogen-bond acceptors (Lipinski definition) is 2. The first-order valence-corrected chi connectivity index (χ1v) is 12.7. The van der Waals surface area contributed by atoms with E-state index in [-0.39, 0.29) is 24.4 Å². The van der Waals surface area contributed by atoms with Crippen LogP contribution in [0.1, 0.15) is 47.8 Å². The molecule has 4 aromatic rings. The minimum absolute atomic E-state index is 0.0484. The van der Waals surface area contributed by atoms with Crippen LogP contribution in [0.3, 0.4) is 0 Å². The Labute approximate surface area is 213 Å². The van der Waals surface area contributed by atoms with Gasteiger partial charge in [0.15, 0.2) is 0 Å². The van der Waals surface area contributed by atoms with E-state index in [1.54, 1.807) is 4.90 Å². The van der Waals surface area contributed by atoms with Gasteiger partial charge in [-0.3, -0.25) is 9.59 Å². The SMILES string of the molecule is CCc1ccc(C(=O)N(CC(=O)N(CCc2c[nH]c3ccccc23)Cc2ccccc2)C(C)C)cc1. The molecule has 0 saturated carbocycles. The lowest BCUT2D eigenvalue weighted by atomic mass is 10.1. The highest BCUT2D eigenvalue weighted by Crippen LogP contribution is 2.19. The second-order valence-electron chi connectivity index (χ2n) is 9.49. The molecule has 0 aliphatic carbocycles. The first kappa shape index (κ1) is 25.2. The van der Waals surface area contributed by atoms with Crippen LogP contribution in [-0.2, 0) is 24.2 Å². The minimum atomic E-state index is -0.114. The number of fused-ring (bicyclic) bond motifs is 1. The molecule has 0 bridgehead atoms. The fourth-order valence-electron chi connectivity index (χ4n) is 4.47. The van der Waals surface area contributed by atoms with Gasteiger partial charge in [-0.1, -0.05) is 67.6 Å². The molecule has 0 atom stereocenters. The van der Waals surface area contributed by atoms with Gasteiger partial charge in [-0.15, -0.1) is 0 Å². The Hall–Kier alpha value is -3.86. The lowest BCUT2D eigenvalue weighted by Crippen LogP contribution is -2.46. The molecule has 5 heteroatoms. The monoisotopic (exact) mass is 481 g/mol. The van der Waals surface area contributed by atoms with Crippen molar-refractivity contribution in [3.05, 3.63) is 107 Å². The molecule has 0 spiro atoms. The van der Waals surface area contributed by atoms with Crippen LogP contribution in [0.15, 0.2) is 85.1 Å². The zero-order chi connectivity index (χ0) is 25.5. The van der Waals surface area contributed by atoms with Gasteiger partial charge in [0.25, 0.3) is 5.91 Å². The smallest absolute Gasteiger partial charge is 0.254 e. The van der Waals surface area contributed by atoms with Gasteiger partial charge in [-0.05, 0) is 61.6 Å². The number of hydrogen-bond donors (Lipinski definition) is 1. The maximum absolute atomic E-state index is 13.6. The summed E-state index contributed by atoms with van der Waals surface area (Å²) in [6, 6.07) is 25.8. The molecular formula is C31H35N3O2. The van der Waals surface area contributed by atoms with E-state index in [9.17, 15) is 9.59 Å². The van der Waals surface area contributed by atoms with Crippen LogP contribution >= 0.6 is 0 Å². The van der Waals surface area contributed by atoms with Crippen LogP contribution in [0.2, 0.25) is 0 Å². The molecular weight excluding hydrogens is 446 g/mol. The molecule has 1 heterocycles. The molecule has 1 N–H and O–H groups in total. The number of benzene rings is 3. The van der Waals surface area contributed by atoms with Crippen molar-refractivity contribution in [3.8, 4) is 0 Å². The second-order valence-corrected chi connectivity index (χ2v) is 9.49. The molecule has 5 nitrogen and oxygen atoms in total. The molecule has 186 valence electrons. The minimum Gasteiger partial charge on any atom is -0.361 e. The normalized spacial score (nSPS) is 11.1. The van der Waals surface area contributed by atoms with Crippen molar-refractivity contribution in [1.82, 2.24) is 14.8 Å². The highest BCUT2D eigenvalue weighted by molar-refractivity contribution is 5.96. The fourth-order valence-corrected chi connectivity index (χ4v) is 4.47. The van der Waals surface area contributed by atoms with Gasteiger partial charge in [0, 0.05) is 41.8 Å². The Morgan fingerprint density at radius 2 is 1.56 bits per heavy atom. The number of nitrogens with zero attached hydrogens (tertiary/aromatic N) is 2. The third kappa shape index (κ3) is 6.03. The molecule has 0 fully saturated rings. The van der Waals surface area contributed by atoms with E-state index in [0.717, 1.165) is 23.9 Å². The van der Waals surface area contributed by atoms with Crippen molar-refractivity contribution >= 4 is 22.7 Å². The Kier molecular flexibility index (Phi) is 8.21. The van der Waals surface area contributed by atoms with E-state index >= 15 is 0 Å². The number of aromatic nitrogens is 1. The molecule has 3 aromatic carbocycles. The molecule has 0 aliphatic rings. The number of amides is 2. The average molecular weight is 482 g/mol. The third-order valence-corrected chi connectivity index (χ3v) is 6.69. The molecule has 0 saturated heterocycles. The maximum Gasteiger partial charge on any atom is 0.254 e. The fraction of sp³-hybridized carbons (Fsp3) is 0.290. The van der Waals surface area contributed by atoms with Crippen LogP contribution in [0.25, 0.3) is 10.9 Å². The first-order valence-electron chi connectivity index (χ1n) is 12.7. The quantitative estimate of drug-likeness (QED) is 0.309. The largest absolute Gasteiger partial charge is 0.361 e. The van der Waals surface area contributed by atoms with Crippen LogP contribution in [0, 0.1) is 0 Å². The third-order valence-electron chi connectivity index (χ3n) is 6.69. The predicted octanol–water partition coefficient (Wildman–Crippen LogP) is 5.85. The summed E-state index contributed by atoms with van der Waals surface area (Å²) in [5, 5.41) is 1.18. The van der Waals surface area contributed by atoms with Gasteiger partial charge < -0.3 is 14.8 Å². The van der Waals surface area contributed by atoms with Crippen molar-refractivity contribution in [2.45, 2.75) is 46.2 Å². The molecule has 0 unspecified atom stereocenters. The van der Waals surface area contributed by atoms with Gasteiger partial charge in [0.1, 0.15) is 6.54 Å². The van der Waals surface area contributed by atoms with Crippen molar-refractivity contribution in [1.29, 1.82) is 0 Å².